The van der Waals surface area contributed by atoms with E-state index in [1.807, 2.05) is 67.6 Å². The quantitative estimate of drug-likeness (QED) is 0.426. The molecule has 2 atom stereocenters. The van der Waals surface area contributed by atoms with Crippen molar-refractivity contribution >= 4 is 23.7 Å². The number of ether oxygens (including phenoxy) is 2. The van der Waals surface area contributed by atoms with E-state index in [1.165, 1.54) is 13.8 Å². The Morgan fingerprint density at radius 1 is 0.932 bits per heavy atom. The minimum Gasteiger partial charge on any atom is -0.444 e. The number of nitrogens with zero attached hydrogens (tertiary/aromatic N) is 2. The Morgan fingerprint density at radius 3 is 2.16 bits per heavy atom. The van der Waals surface area contributed by atoms with E-state index in [4.69, 9.17) is 9.47 Å². The van der Waals surface area contributed by atoms with Gasteiger partial charge >= 0.3 is 6.09 Å². The van der Waals surface area contributed by atoms with E-state index in [1.54, 1.807) is 31.7 Å². The first-order valence-corrected chi connectivity index (χ1v) is 15.0. The molecular formula is C34H44N4O6. The number of fused-ring (bicyclic) bond motifs is 1. The van der Waals surface area contributed by atoms with Gasteiger partial charge in [0.15, 0.2) is 5.78 Å². The van der Waals surface area contributed by atoms with E-state index in [0.29, 0.717) is 19.5 Å². The lowest BCUT2D eigenvalue weighted by Gasteiger charge is -2.48. The summed E-state index contributed by atoms with van der Waals surface area (Å²) in [7, 11) is 0. The summed E-state index contributed by atoms with van der Waals surface area (Å²) in [4.78, 5) is 57.4. The molecule has 10 heteroatoms. The first-order chi connectivity index (χ1) is 20.7. The molecule has 3 amide bonds. The first kappa shape index (κ1) is 32.7. The van der Waals surface area contributed by atoms with Gasteiger partial charge in [-0.25, -0.2) is 4.79 Å². The van der Waals surface area contributed by atoms with Crippen LogP contribution in [0.3, 0.4) is 0 Å². The van der Waals surface area contributed by atoms with Gasteiger partial charge in [0.05, 0.1) is 19.8 Å². The van der Waals surface area contributed by atoms with Crippen LogP contribution in [0.5, 0.6) is 0 Å². The van der Waals surface area contributed by atoms with Gasteiger partial charge in [-0.15, -0.1) is 0 Å². The second-order valence-corrected chi connectivity index (χ2v) is 13.0. The molecule has 1 saturated heterocycles. The van der Waals surface area contributed by atoms with E-state index in [2.05, 4.69) is 15.5 Å². The van der Waals surface area contributed by atoms with Gasteiger partial charge in [0.25, 0.3) is 0 Å². The average Bonchev–Trinajstić information content (AvgIpc) is 3.19. The van der Waals surface area contributed by atoms with Crippen LogP contribution in [0.15, 0.2) is 72.4 Å². The van der Waals surface area contributed by atoms with Crippen LogP contribution >= 0.6 is 0 Å². The van der Waals surface area contributed by atoms with Crippen LogP contribution < -0.4 is 10.6 Å². The number of rotatable bonds is 10. The van der Waals surface area contributed by atoms with E-state index in [9.17, 15) is 19.2 Å². The highest BCUT2D eigenvalue weighted by Gasteiger charge is 2.52. The number of piperazine rings is 1. The fourth-order valence-electron chi connectivity index (χ4n) is 5.62. The fraction of sp³-hybridized carbons (Fsp3) is 0.471. The van der Waals surface area contributed by atoms with Crippen LogP contribution in [-0.4, -0.2) is 82.5 Å². The van der Waals surface area contributed by atoms with Crippen molar-refractivity contribution in [3.05, 3.63) is 83.6 Å². The number of carbonyl (C=O) groups excluding carboxylic acids is 4. The lowest BCUT2D eigenvalue weighted by molar-refractivity contribution is -0.145. The summed E-state index contributed by atoms with van der Waals surface area (Å²) in [5.41, 5.74) is -0.279. The first-order valence-electron chi connectivity index (χ1n) is 15.0. The molecule has 0 aliphatic carbocycles. The predicted octanol–water partition coefficient (Wildman–Crippen LogP) is 3.60. The van der Waals surface area contributed by atoms with Gasteiger partial charge in [-0.2, -0.15) is 0 Å². The van der Waals surface area contributed by atoms with Crippen molar-refractivity contribution in [3.8, 4) is 0 Å². The summed E-state index contributed by atoms with van der Waals surface area (Å²) in [5.74, 6) is -0.971. The van der Waals surface area contributed by atoms with Gasteiger partial charge in [-0.3, -0.25) is 14.4 Å². The minimum absolute atomic E-state index is 0.0417. The molecule has 2 aromatic carbocycles. The Labute approximate surface area is 259 Å². The number of hydrogen-bond donors (Lipinski definition) is 2. The Bertz CT molecular complexity index is 1390. The van der Waals surface area contributed by atoms with Crippen LogP contribution in [0.25, 0.3) is 0 Å². The summed E-state index contributed by atoms with van der Waals surface area (Å²) in [6.07, 6.45) is 1.35. The van der Waals surface area contributed by atoms with Crippen LogP contribution in [0.4, 0.5) is 4.79 Å². The topological polar surface area (TPSA) is 117 Å². The molecule has 2 N–H and O–H groups in total. The third-order valence-corrected chi connectivity index (χ3v) is 7.82. The average molecular weight is 605 g/mol. The molecule has 2 heterocycles. The third kappa shape index (κ3) is 7.85. The van der Waals surface area contributed by atoms with Gasteiger partial charge in [-0.05, 0) is 52.7 Å². The van der Waals surface area contributed by atoms with E-state index in [0.717, 1.165) is 16.8 Å². The summed E-state index contributed by atoms with van der Waals surface area (Å²) in [6, 6.07) is 18.2. The zero-order chi connectivity index (χ0) is 32.1. The number of alkyl carbamates (subject to hydrolysis) is 1. The lowest BCUT2D eigenvalue weighted by atomic mass is 9.84. The number of allylic oxidation sites excluding steroid dienone is 1. The Balaban J connectivity index is 1.54. The summed E-state index contributed by atoms with van der Waals surface area (Å²) in [6.45, 7) is 11.4. The van der Waals surface area contributed by atoms with E-state index in [-0.39, 0.29) is 31.4 Å². The molecule has 0 unspecified atom stereocenters. The monoisotopic (exact) mass is 604 g/mol. The normalized spacial score (nSPS) is 19.1. The number of carbonyl (C=O) groups is 4. The van der Waals surface area contributed by atoms with Crippen molar-refractivity contribution in [1.29, 1.82) is 0 Å². The zero-order valence-corrected chi connectivity index (χ0v) is 26.5. The smallest absolute Gasteiger partial charge is 0.408 e. The van der Waals surface area contributed by atoms with Crippen LogP contribution in [0.1, 0.15) is 52.7 Å². The van der Waals surface area contributed by atoms with E-state index >= 15 is 0 Å². The van der Waals surface area contributed by atoms with Crippen molar-refractivity contribution in [1.82, 2.24) is 20.4 Å². The van der Waals surface area contributed by atoms with E-state index < -0.39 is 34.7 Å². The standard InChI is InChI=1S/C34H44N4O6/c1-24-19-28(39)34(20-25-13-9-7-10-14-25)23-37(17-18-38(24)34)29(40)27(22-43-21-26-15-11-8-12-16-26)35-30(41)33(5,6)36-31(42)44-32(2,3)4/h7-16,19,27H,17-18,20-23H2,1-6H3,(H,35,41)(H,36,42)/t27-,34+/m1/s1. The molecule has 0 spiro atoms. The highest BCUT2D eigenvalue weighted by molar-refractivity contribution is 6.02. The maximum absolute atomic E-state index is 14.2. The molecule has 44 heavy (non-hydrogen) atoms. The van der Waals surface area contributed by atoms with Gasteiger partial charge in [0, 0.05) is 31.3 Å². The molecule has 0 bridgehead atoms. The molecule has 2 aromatic rings. The molecule has 236 valence electrons. The van der Waals surface area contributed by atoms with Crippen LogP contribution in [0.2, 0.25) is 0 Å². The summed E-state index contributed by atoms with van der Waals surface area (Å²) in [5, 5.41) is 5.41. The molecule has 1 fully saturated rings. The molecule has 0 aromatic heterocycles. The summed E-state index contributed by atoms with van der Waals surface area (Å²) < 4.78 is 11.3. The molecule has 10 nitrogen and oxygen atoms in total. The van der Waals surface area contributed by atoms with Crippen molar-refractivity contribution in [2.45, 2.75) is 77.3 Å². The van der Waals surface area contributed by atoms with Crippen molar-refractivity contribution in [2.24, 2.45) is 0 Å². The summed E-state index contributed by atoms with van der Waals surface area (Å²) >= 11 is 0. The van der Waals surface area contributed by atoms with Crippen molar-refractivity contribution in [3.63, 3.8) is 0 Å². The Kier molecular flexibility index (Phi) is 9.83. The number of benzene rings is 2. The molecule has 2 aliphatic heterocycles. The molecular weight excluding hydrogens is 560 g/mol. The Morgan fingerprint density at radius 2 is 1.55 bits per heavy atom. The SMILES string of the molecule is CC1=CC(=O)[C@]2(Cc3ccccc3)CN(C(=O)[C@@H](COCc3ccccc3)NC(=O)C(C)(C)NC(=O)OC(C)(C)C)CCN12. The highest BCUT2D eigenvalue weighted by atomic mass is 16.6. The van der Waals surface area contributed by atoms with Gasteiger partial charge in [0.2, 0.25) is 11.8 Å². The second kappa shape index (κ2) is 13.2. The largest absolute Gasteiger partial charge is 0.444 e. The van der Waals surface area contributed by atoms with Gasteiger partial charge in [-0.1, -0.05) is 60.7 Å². The maximum Gasteiger partial charge on any atom is 0.408 e. The van der Waals surface area contributed by atoms with Crippen molar-refractivity contribution in [2.75, 3.05) is 26.2 Å². The van der Waals surface area contributed by atoms with Gasteiger partial charge < -0.3 is 29.9 Å². The maximum atomic E-state index is 14.2. The lowest BCUT2D eigenvalue weighted by Crippen LogP contribution is -2.67. The third-order valence-electron chi connectivity index (χ3n) is 7.82. The highest BCUT2D eigenvalue weighted by Crippen LogP contribution is 2.36. The molecule has 0 saturated carbocycles. The van der Waals surface area contributed by atoms with Gasteiger partial charge in [0.1, 0.15) is 22.7 Å². The molecule has 0 radical (unpaired) electrons. The Hall–Kier alpha value is -4.18. The zero-order valence-electron chi connectivity index (χ0n) is 26.5. The van der Waals surface area contributed by atoms with Crippen LogP contribution in [0, 0.1) is 0 Å². The van der Waals surface area contributed by atoms with Crippen LogP contribution in [-0.2, 0) is 36.9 Å². The number of hydrogen-bond acceptors (Lipinski definition) is 7. The predicted molar refractivity (Wildman–Crippen MR) is 166 cm³/mol. The number of ketones is 1. The number of amides is 3. The second-order valence-electron chi connectivity index (χ2n) is 13.0. The minimum atomic E-state index is -1.39. The van der Waals surface area contributed by atoms with Crippen molar-refractivity contribution < 1.29 is 28.7 Å². The molecule has 2 aliphatic rings. The molecule has 4 rings (SSSR count). The fourth-order valence-corrected chi connectivity index (χ4v) is 5.62. The number of nitrogens with one attached hydrogen (secondary N) is 2.